The highest BCUT2D eigenvalue weighted by Gasteiger charge is 2.36. The second-order valence-electron chi connectivity index (χ2n) is 6.84. The van der Waals surface area contributed by atoms with E-state index in [1.165, 1.54) is 5.41 Å². The third-order valence-electron chi connectivity index (χ3n) is 4.79. The molecule has 0 saturated carbocycles. The number of rotatable bonds is 16. The SMILES string of the molecule is C=CS(=C)(=O)CC[Si](CCS(=O)(=O)C=C)(CCS(=O)(=O)C=C)CCS(=O)(=O)C=C. The van der Waals surface area contributed by atoms with Crippen LogP contribution in [0, 0.1) is 0 Å². The van der Waals surface area contributed by atoms with E-state index in [9.17, 15) is 29.5 Å². The standard InChI is InChI=1S/C17H30O7S4Si/c1-6-25(5,18)10-14-29(15-11-26(19,20)7-2,16-12-27(21,22)8-3)17-13-28(23,24)9-4/h6-9H,1-5,10-17H2. The van der Waals surface area contributed by atoms with E-state index in [1.807, 2.05) is 0 Å². The highest BCUT2D eigenvalue weighted by molar-refractivity contribution is 8.03. The first-order chi connectivity index (χ1) is 13.1. The average Bonchev–Trinajstić information content (AvgIpc) is 2.67. The zero-order valence-electron chi connectivity index (χ0n) is 16.5. The Morgan fingerprint density at radius 3 is 1.03 bits per heavy atom. The minimum Gasteiger partial charge on any atom is -0.264 e. The van der Waals surface area contributed by atoms with Crippen LogP contribution in [0.4, 0.5) is 0 Å². The van der Waals surface area contributed by atoms with Crippen molar-refractivity contribution in [3.05, 3.63) is 47.9 Å². The van der Waals surface area contributed by atoms with Gasteiger partial charge in [0, 0.05) is 22.0 Å². The highest BCUT2D eigenvalue weighted by Crippen LogP contribution is 2.30. The quantitative estimate of drug-likeness (QED) is 0.234. The van der Waals surface area contributed by atoms with Crippen LogP contribution in [0.25, 0.3) is 0 Å². The summed E-state index contributed by atoms with van der Waals surface area (Å²) in [4.78, 5) is 0. The Hall–Kier alpha value is -0.953. The lowest BCUT2D eigenvalue weighted by Gasteiger charge is -2.32. The number of sulfone groups is 3. The van der Waals surface area contributed by atoms with E-state index < -0.39 is 47.1 Å². The molecule has 0 aliphatic carbocycles. The molecule has 7 nitrogen and oxygen atoms in total. The largest absolute Gasteiger partial charge is 0.264 e. The first-order valence-corrected chi connectivity index (χ1v) is 18.5. The van der Waals surface area contributed by atoms with E-state index in [0.717, 1.165) is 16.2 Å². The second-order valence-corrected chi connectivity index (χ2v) is 20.5. The molecule has 0 aromatic rings. The first-order valence-electron chi connectivity index (χ1n) is 8.60. The molecule has 0 rings (SSSR count). The van der Waals surface area contributed by atoms with Gasteiger partial charge in [0.05, 0.1) is 25.3 Å². The van der Waals surface area contributed by atoms with Gasteiger partial charge in [-0.25, -0.2) is 25.3 Å². The molecule has 0 aromatic heterocycles. The van der Waals surface area contributed by atoms with Gasteiger partial charge in [-0.15, -0.1) is 0 Å². The molecular formula is C17H30O7S4Si. The van der Waals surface area contributed by atoms with Gasteiger partial charge in [-0.1, -0.05) is 26.3 Å². The number of hydrogen-bond donors (Lipinski definition) is 0. The molecule has 0 bridgehead atoms. The van der Waals surface area contributed by atoms with E-state index in [0.29, 0.717) is 0 Å². The molecule has 1 atom stereocenters. The summed E-state index contributed by atoms with van der Waals surface area (Å²) in [7, 11) is -16.2. The summed E-state index contributed by atoms with van der Waals surface area (Å²) in [6.45, 7) is 13.3. The van der Waals surface area contributed by atoms with Gasteiger partial charge in [0.2, 0.25) is 0 Å². The molecule has 0 radical (unpaired) electrons. The van der Waals surface area contributed by atoms with Gasteiger partial charge in [0.15, 0.2) is 29.5 Å². The molecular weight excluding hydrogens is 473 g/mol. The molecule has 1 unspecified atom stereocenters. The van der Waals surface area contributed by atoms with Crippen LogP contribution in [0.2, 0.25) is 24.2 Å². The van der Waals surface area contributed by atoms with Crippen LogP contribution in [0.15, 0.2) is 47.9 Å². The lowest BCUT2D eigenvalue weighted by atomic mass is 10.9. The fourth-order valence-corrected chi connectivity index (χ4v) is 16.4. The third-order valence-corrected chi connectivity index (χ3v) is 16.8. The number of hydrogen-bond acceptors (Lipinski definition) is 7. The van der Waals surface area contributed by atoms with Crippen molar-refractivity contribution in [2.45, 2.75) is 24.2 Å². The Bertz CT molecular complexity index is 862. The monoisotopic (exact) mass is 502 g/mol. The van der Waals surface area contributed by atoms with Gasteiger partial charge in [-0.05, 0) is 45.0 Å². The lowest BCUT2D eigenvalue weighted by molar-refractivity contribution is 0.604. The molecule has 0 N–H and O–H groups in total. The van der Waals surface area contributed by atoms with E-state index in [1.54, 1.807) is 0 Å². The molecule has 0 fully saturated rings. The molecule has 0 aliphatic rings. The van der Waals surface area contributed by atoms with Crippen LogP contribution in [-0.4, -0.2) is 66.4 Å². The predicted octanol–water partition coefficient (Wildman–Crippen LogP) is 1.97. The molecule has 0 saturated heterocycles. The minimum absolute atomic E-state index is 0.0825. The van der Waals surface area contributed by atoms with Crippen LogP contribution in [0.1, 0.15) is 0 Å². The predicted molar refractivity (Wildman–Crippen MR) is 127 cm³/mol. The molecule has 0 aliphatic heterocycles. The lowest BCUT2D eigenvalue weighted by Crippen LogP contribution is -2.41. The summed E-state index contributed by atoms with van der Waals surface area (Å²) < 4.78 is 84.2. The van der Waals surface area contributed by atoms with Crippen LogP contribution < -0.4 is 0 Å². The van der Waals surface area contributed by atoms with E-state index in [-0.39, 0.29) is 47.2 Å². The smallest absolute Gasteiger partial charge is 0.170 e. The molecule has 12 heteroatoms. The Labute approximate surface area is 177 Å². The zero-order chi connectivity index (χ0) is 23.0. The normalized spacial score (nSPS) is 15.2. The summed E-state index contributed by atoms with van der Waals surface area (Å²) in [5, 5.41) is 3.68. The Morgan fingerprint density at radius 1 is 0.517 bits per heavy atom. The van der Waals surface area contributed by atoms with Crippen molar-refractivity contribution in [1.82, 2.24) is 0 Å². The summed E-state index contributed by atoms with van der Waals surface area (Å²) in [6.07, 6.45) is 0. The van der Waals surface area contributed by atoms with Gasteiger partial charge in [-0.3, -0.25) is 4.21 Å². The summed E-state index contributed by atoms with van der Waals surface area (Å²) >= 11 is 0. The first kappa shape index (κ1) is 28.0. The van der Waals surface area contributed by atoms with Crippen molar-refractivity contribution in [3.63, 3.8) is 0 Å². The van der Waals surface area contributed by atoms with Crippen molar-refractivity contribution in [1.29, 1.82) is 0 Å². The van der Waals surface area contributed by atoms with Crippen LogP contribution in [-0.2, 0) is 39.0 Å². The van der Waals surface area contributed by atoms with Crippen molar-refractivity contribution >= 4 is 53.0 Å². The summed E-state index contributed by atoms with van der Waals surface area (Å²) in [6, 6.07) is 0.612. The van der Waals surface area contributed by atoms with Crippen LogP contribution in [0.5, 0.6) is 0 Å². The fraction of sp³-hybridized carbons (Fsp3) is 0.471. The molecule has 0 spiro atoms. The van der Waals surface area contributed by atoms with Crippen molar-refractivity contribution in [2.75, 3.05) is 23.0 Å². The van der Waals surface area contributed by atoms with Crippen LogP contribution in [0.3, 0.4) is 0 Å². The maximum atomic E-state index is 12.4. The summed E-state index contributed by atoms with van der Waals surface area (Å²) in [5.74, 6) is 2.84. The third kappa shape index (κ3) is 11.1. The van der Waals surface area contributed by atoms with Crippen molar-refractivity contribution < 1.29 is 29.5 Å². The highest BCUT2D eigenvalue weighted by atomic mass is 32.2. The zero-order valence-corrected chi connectivity index (χ0v) is 20.8. The minimum atomic E-state index is -3.58. The molecule has 29 heavy (non-hydrogen) atoms. The van der Waals surface area contributed by atoms with E-state index in [4.69, 9.17) is 0 Å². The fourth-order valence-electron chi connectivity index (χ4n) is 2.55. The van der Waals surface area contributed by atoms with Crippen LogP contribution >= 0.6 is 0 Å². The summed E-state index contributed by atoms with van der Waals surface area (Å²) in [5.41, 5.74) is 0. The van der Waals surface area contributed by atoms with Gasteiger partial charge < -0.3 is 0 Å². The molecule has 0 amide bonds. The maximum Gasteiger partial charge on any atom is 0.170 e. The van der Waals surface area contributed by atoms with Gasteiger partial charge in [-0.2, -0.15) is 0 Å². The molecule has 168 valence electrons. The van der Waals surface area contributed by atoms with E-state index in [2.05, 4.69) is 32.2 Å². The van der Waals surface area contributed by atoms with E-state index >= 15 is 0 Å². The second kappa shape index (κ2) is 10.9. The topological polar surface area (TPSA) is 119 Å². The molecule has 0 heterocycles. The average molecular weight is 503 g/mol. The Balaban J connectivity index is 6.08. The van der Waals surface area contributed by atoms with Gasteiger partial charge in [0.25, 0.3) is 0 Å². The maximum absolute atomic E-state index is 12.4. The molecule has 0 aromatic carbocycles. The van der Waals surface area contributed by atoms with Crippen molar-refractivity contribution in [2.24, 2.45) is 0 Å². The van der Waals surface area contributed by atoms with Gasteiger partial charge in [0.1, 0.15) is 0 Å². The van der Waals surface area contributed by atoms with Gasteiger partial charge >= 0.3 is 0 Å². The Morgan fingerprint density at radius 2 is 0.793 bits per heavy atom. The Kier molecular flexibility index (Phi) is 10.5. The van der Waals surface area contributed by atoms with Crippen molar-refractivity contribution in [3.8, 4) is 0 Å².